The molecule has 1 amide bonds. The number of carbonyl (C=O) groups excluding carboxylic acids is 1. The van der Waals surface area contributed by atoms with Crippen molar-refractivity contribution in [2.75, 3.05) is 5.32 Å². The molecule has 1 aliphatic rings. The molecule has 1 aromatic rings. The van der Waals surface area contributed by atoms with Crippen LogP contribution in [-0.4, -0.2) is 11.6 Å². The number of allylic oxidation sites excluding steroid dienone is 1. The van der Waals surface area contributed by atoms with Gasteiger partial charge in [-0.1, -0.05) is 32.0 Å². The lowest BCUT2D eigenvalue weighted by molar-refractivity contribution is -0.113. The highest BCUT2D eigenvalue weighted by molar-refractivity contribution is 6.06. The fourth-order valence-electron chi connectivity index (χ4n) is 2.90. The molecule has 1 heterocycles. The fourth-order valence-corrected chi connectivity index (χ4v) is 2.90. The Balaban J connectivity index is 2.34. The number of carbonyl (C=O) groups is 1. The van der Waals surface area contributed by atoms with Crippen LogP contribution in [0, 0.1) is 17.2 Å². The highest BCUT2D eigenvalue weighted by atomic mass is 16.1. The predicted octanol–water partition coefficient (Wildman–Crippen LogP) is 4.03. The minimum absolute atomic E-state index is 0.144. The molecule has 0 spiro atoms. The largest absolute Gasteiger partial charge is 0.322 e. The van der Waals surface area contributed by atoms with Gasteiger partial charge in [0.15, 0.2) is 0 Å². The summed E-state index contributed by atoms with van der Waals surface area (Å²) in [6.07, 6.45) is 2.15. The van der Waals surface area contributed by atoms with Gasteiger partial charge in [-0.2, -0.15) is 5.26 Å². The number of rotatable bonds is 4. The number of aryl methyl sites for hydroxylation is 2. The number of aliphatic imine (C=N–C) groups is 1. The Labute approximate surface area is 137 Å². The van der Waals surface area contributed by atoms with Gasteiger partial charge >= 0.3 is 0 Å². The highest BCUT2D eigenvalue weighted by Crippen LogP contribution is 2.27. The van der Waals surface area contributed by atoms with Crippen LogP contribution < -0.4 is 5.32 Å². The first-order valence-corrected chi connectivity index (χ1v) is 8.08. The molecule has 0 saturated heterocycles. The predicted molar refractivity (Wildman–Crippen MR) is 93.4 cm³/mol. The van der Waals surface area contributed by atoms with Gasteiger partial charge in [-0.25, -0.2) is 0 Å². The third-order valence-electron chi connectivity index (χ3n) is 4.36. The fraction of sp³-hybridized carbons (Fsp3) is 0.421. The summed E-state index contributed by atoms with van der Waals surface area (Å²) in [5.41, 5.74) is 5.26. The molecule has 4 heteroatoms. The van der Waals surface area contributed by atoms with E-state index < -0.39 is 0 Å². The van der Waals surface area contributed by atoms with Crippen LogP contribution in [0.1, 0.15) is 45.2 Å². The van der Waals surface area contributed by atoms with Gasteiger partial charge in [0.05, 0.1) is 12.0 Å². The van der Waals surface area contributed by atoms with Crippen LogP contribution in [0.5, 0.6) is 0 Å². The van der Waals surface area contributed by atoms with Crippen LogP contribution >= 0.6 is 0 Å². The molecule has 0 radical (unpaired) electrons. The van der Waals surface area contributed by atoms with E-state index in [1.165, 1.54) is 0 Å². The van der Waals surface area contributed by atoms with E-state index in [1.54, 1.807) is 0 Å². The third kappa shape index (κ3) is 3.50. The number of nitriles is 1. The lowest BCUT2D eigenvalue weighted by Crippen LogP contribution is -2.24. The summed E-state index contributed by atoms with van der Waals surface area (Å²) in [5, 5.41) is 12.3. The van der Waals surface area contributed by atoms with Crippen molar-refractivity contribution >= 4 is 17.3 Å². The minimum atomic E-state index is -0.313. The van der Waals surface area contributed by atoms with Gasteiger partial charge in [-0.05, 0) is 37.8 Å². The number of benzene rings is 1. The van der Waals surface area contributed by atoms with Gasteiger partial charge in [0.25, 0.3) is 5.91 Å². The van der Waals surface area contributed by atoms with Crippen molar-refractivity contribution in [3.05, 3.63) is 40.6 Å². The van der Waals surface area contributed by atoms with Crippen molar-refractivity contribution in [2.45, 2.75) is 47.0 Å². The molecule has 1 unspecified atom stereocenters. The van der Waals surface area contributed by atoms with E-state index >= 15 is 0 Å². The Morgan fingerprint density at radius 2 is 1.91 bits per heavy atom. The van der Waals surface area contributed by atoms with Crippen LogP contribution in [0.15, 0.2) is 34.5 Å². The summed E-state index contributed by atoms with van der Waals surface area (Å²) in [5.74, 6) is -0.457. The average Bonchev–Trinajstić information content (AvgIpc) is 2.55. The van der Waals surface area contributed by atoms with E-state index in [0.717, 1.165) is 35.4 Å². The molecule has 1 atom stereocenters. The van der Waals surface area contributed by atoms with Crippen molar-refractivity contribution in [3.63, 3.8) is 0 Å². The second-order valence-corrected chi connectivity index (χ2v) is 5.82. The van der Waals surface area contributed by atoms with Crippen molar-refractivity contribution in [2.24, 2.45) is 10.9 Å². The Morgan fingerprint density at radius 3 is 2.43 bits per heavy atom. The van der Waals surface area contributed by atoms with Crippen LogP contribution in [0.2, 0.25) is 0 Å². The van der Waals surface area contributed by atoms with E-state index in [-0.39, 0.29) is 11.8 Å². The number of para-hydroxylation sites is 1. The first kappa shape index (κ1) is 17.0. The third-order valence-corrected chi connectivity index (χ3v) is 4.36. The first-order valence-electron chi connectivity index (χ1n) is 8.08. The van der Waals surface area contributed by atoms with Crippen LogP contribution in [0.25, 0.3) is 0 Å². The van der Waals surface area contributed by atoms with Gasteiger partial charge in [0.1, 0.15) is 0 Å². The Morgan fingerprint density at radius 1 is 1.30 bits per heavy atom. The Kier molecular flexibility index (Phi) is 5.33. The normalized spacial score (nSPS) is 17.5. The van der Waals surface area contributed by atoms with E-state index in [4.69, 9.17) is 0 Å². The summed E-state index contributed by atoms with van der Waals surface area (Å²) in [7, 11) is 0. The molecule has 23 heavy (non-hydrogen) atoms. The molecular formula is C19H23N3O. The van der Waals surface area contributed by atoms with Gasteiger partial charge < -0.3 is 5.32 Å². The summed E-state index contributed by atoms with van der Waals surface area (Å²) in [4.78, 5) is 17.1. The maximum absolute atomic E-state index is 12.7. The Bertz CT molecular complexity index is 700. The van der Waals surface area contributed by atoms with E-state index in [0.29, 0.717) is 17.7 Å². The monoisotopic (exact) mass is 309 g/mol. The van der Waals surface area contributed by atoms with Crippen molar-refractivity contribution in [3.8, 4) is 6.07 Å². The zero-order valence-corrected chi connectivity index (χ0v) is 14.2. The molecular weight excluding hydrogens is 286 g/mol. The number of amides is 1. The second kappa shape index (κ2) is 7.23. The number of hydrogen-bond donors (Lipinski definition) is 1. The molecule has 1 aliphatic heterocycles. The van der Waals surface area contributed by atoms with Crippen LogP contribution in [0.4, 0.5) is 5.69 Å². The first-order chi connectivity index (χ1) is 11.0. The molecule has 1 aromatic carbocycles. The lowest BCUT2D eigenvalue weighted by Gasteiger charge is -2.21. The summed E-state index contributed by atoms with van der Waals surface area (Å²) in [6.45, 7) is 7.83. The highest BCUT2D eigenvalue weighted by Gasteiger charge is 2.25. The summed E-state index contributed by atoms with van der Waals surface area (Å²) < 4.78 is 0. The summed E-state index contributed by atoms with van der Waals surface area (Å²) >= 11 is 0. The smallest absolute Gasteiger partial charge is 0.253 e. The second-order valence-electron chi connectivity index (χ2n) is 5.82. The molecule has 0 saturated carbocycles. The number of anilines is 1. The van der Waals surface area contributed by atoms with Gasteiger partial charge in [-0.3, -0.25) is 9.79 Å². The molecule has 120 valence electrons. The molecule has 0 aromatic heterocycles. The van der Waals surface area contributed by atoms with Crippen molar-refractivity contribution < 1.29 is 4.79 Å². The minimum Gasteiger partial charge on any atom is -0.322 e. The molecule has 2 rings (SSSR count). The number of hydrogen-bond acceptors (Lipinski definition) is 3. The zero-order chi connectivity index (χ0) is 17.0. The lowest BCUT2D eigenvalue weighted by atomic mass is 9.92. The van der Waals surface area contributed by atoms with Crippen LogP contribution in [-0.2, 0) is 17.6 Å². The number of nitrogens with zero attached hydrogens (tertiary/aromatic N) is 2. The van der Waals surface area contributed by atoms with Gasteiger partial charge in [0, 0.05) is 29.1 Å². The summed E-state index contributed by atoms with van der Waals surface area (Å²) in [6, 6.07) is 8.33. The van der Waals surface area contributed by atoms with Gasteiger partial charge in [-0.15, -0.1) is 0 Å². The van der Waals surface area contributed by atoms with Gasteiger partial charge in [0.2, 0.25) is 0 Å². The maximum Gasteiger partial charge on any atom is 0.253 e. The van der Waals surface area contributed by atoms with E-state index in [2.05, 4.69) is 30.2 Å². The molecule has 0 bridgehead atoms. The maximum atomic E-state index is 12.7. The van der Waals surface area contributed by atoms with Crippen molar-refractivity contribution in [1.82, 2.24) is 0 Å². The molecule has 4 nitrogen and oxygen atoms in total. The molecule has 1 N–H and O–H groups in total. The number of nitrogens with one attached hydrogen (secondary N) is 1. The average molecular weight is 309 g/mol. The molecule has 0 aliphatic carbocycles. The Hall–Kier alpha value is -2.41. The van der Waals surface area contributed by atoms with Crippen molar-refractivity contribution in [1.29, 1.82) is 5.26 Å². The van der Waals surface area contributed by atoms with E-state index in [9.17, 15) is 10.1 Å². The van der Waals surface area contributed by atoms with Crippen LogP contribution in [0.3, 0.4) is 0 Å². The van der Waals surface area contributed by atoms with E-state index in [1.807, 2.05) is 32.0 Å². The quantitative estimate of drug-likeness (QED) is 0.912. The zero-order valence-electron chi connectivity index (χ0n) is 14.2. The standard InChI is InChI=1S/C19H23N3O/c1-5-14-8-7-9-15(6-2)18(14)22-19(23)17-10-16(11-20)12(3)21-13(17)4/h7-9,16H,5-6,10H2,1-4H3,(H,22,23). The molecule has 0 fully saturated rings. The topological polar surface area (TPSA) is 65.2 Å². The SMILES string of the molecule is CCc1cccc(CC)c1NC(=O)C1=C(C)N=C(C)C(C#N)C1.